The van der Waals surface area contributed by atoms with E-state index < -0.39 is 5.97 Å². The fourth-order valence-corrected chi connectivity index (χ4v) is 2.19. The number of amides is 1. The number of aromatic nitrogens is 2. The number of hydrogen-bond donors (Lipinski definition) is 3. The molecule has 1 aromatic heterocycles. The van der Waals surface area contributed by atoms with Gasteiger partial charge < -0.3 is 14.8 Å². The molecule has 23 heavy (non-hydrogen) atoms. The van der Waals surface area contributed by atoms with E-state index in [1.165, 1.54) is 6.07 Å². The molecule has 7 heteroatoms. The third kappa shape index (κ3) is 2.84. The van der Waals surface area contributed by atoms with Gasteiger partial charge in [0.05, 0.1) is 18.2 Å². The number of para-hydroxylation sites is 1. The maximum atomic E-state index is 12.2. The Balaban J connectivity index is 1.87. The molecule has 0 unspecified atom stereocenters. The van der Waals surface area contributed by atoms with Gasteiger partial charge in [0, 0.05) is 5.56 Å². The van der Waals surface area contributed by atoms with Gasteiger partial charge in [-0.05, 0) is 36.4 Å². The van der Waals surface area contributed by atoms with Gasteiger partial charge >= 0.3 is 5.97 Å². The Bertz CT molecular complexity index is 884. The number of carbonyl (C=O) groups excluding carboxylic acids is 1. The molecule has 0 radical (unpaired) electrons. The van der Waals surface area contributed by atoms with Crippen molar-refractivity contribution in [3.8, 4) is 5.75 Å². The van der Waals surface area contributed by atoms with Crippen molar-refractivity contribution < 1.29 is 19.4 Å². The topological polar surface area (TPSA) is 104 Å². The van der Waals surface area contributed by atoms with Crippen molar-refractivity contribution >= 4 is 28.9 Å². The Morgan fingerprint density at radius 1 is 1.17 bits per heavy atom. The predicted octanol–water partition coefficient (Wildman–Crippen LogP) is 2.52. The molecule has 0 bridgehead atoms. The third-order valence-corrected chi connectivity index (χ3v) is 3.33. The van der Waals surface area contributed by atoms with Crippen LogP contribution in [0.1, 0.15) is 20.7 Å². The summed E-state index contributed by atoms with van der Waals surface area (Å²) in [6.45, 7) is 0. The minimum Gasteiger partial charge on any atom is -0.497 e. The lowest BCUT2D eigenvalue weighted by atomic mass is 10.2. The largest absolute Gasteiger partial charge is 0.497 e. The van der Waals surface area contributed by atoms with Crippen LogP contribution < -0.4 is 10.1 Å². The molecule has 7 nitrogen and oxygen atoms in total. The Morgan fingerprint density at radius 2 is 1.91 bits per heavy atom. The Morgan fingerprint density at radius 3 is 2.57 bits per heavy atom. The number of aromatic amines is 1. The quantitative estimate of drug-likeness (QED) is 0.686. The van der Waals surface area contributed by atoms with Crippen molar-refractivity contribution in [1.29, 1.82) is 0 Å². The summed E-state index contributed by atoms with van der Waals surface area (Å²) in [6, 6.07) is 11.4. The van der Waals surface area contributed by atoms with Crippen molar-refractivity contribution in [3.05, 3.63) is 53.6 Å². The van der Waals surface area contributed by atoms with Crippen molar-refractivity contribution in [1.82, 2.24) is 9.97 Å². The zero-order valence-corrected chi connectivity index (χ0v) is 12.2. The number of carboxylic acids is 1. The smallest absolute Gasteiger partial charge is 0.337 e. The molecule has 0 aliphatic heterocycles. The number of anilines is 1. The Hall–Kier alpha value is -3.35. The van der Waals surface area contributed by atoms with Crippen molar-refractivity contribution in [3.63, 3.8) is 0 Å². The summed E-state index contributed by atoms with van der Waals surface area (Å²) < 4.78 is 5.04. The molecule has 2 aromatic carbocycles. The zero-order valence-electron chi connectivity index (χ0n) is 12.2. The number of ether oxygens (including phenoxy) is 1. The predicted molar refractivity (Wildman–Crippen MR) is 84.0 cm³/mol. The Kier molecular flexibility index (Phi) is 3.68. The SMILES string of the molecule is COc1ccc(C(=O)Nc2nc3c(C(=O)O)cccc3[nH]2)cc1. The number of imidazole rings is 1. The lowest BCUT2D eigenvalue weighted by Gasteiger charge is -2.03. The summed E-state index contributed by atoms with van der Waals surface area (Å²) >= 11 is 0. The van der Waals surface area contributed by atoms with Crippen LogP contribution in [0, 0.1) is 0 Å². The first kappa shape index (κ1) is 14.6. The number of hydrogen-bond acceptors (Lipinski definition) is 4. The number of H-pyrrole nitrogens is 1. The van der Waals surface area contributed by atoms with Gasteiger partial charge in [-0.15, -0.1) is 0 Å². The summed E-state index contributed by atoms with van der Waals surface area (Å²) in [5, 5.41) is 11.8. The van der Waals surface area contributed by atoms with Crippen LogP contribution in [-0.2, 0) is 0 Å². The maximum absolute atomic E-state index is 12.2. The number of aromatic carboxylic acids is 1. The molecule has 0 aliphatic carbocycles. The van der Waals surface area contributed by atoms with E-state index >= 15 is 0 Å². The summed E-state index contributed by atoms with van der Waals surface area (Å²) in [4.78, 5) is 30.4. The number of nitrogens with zero attached hydrogens (tertiary/aromatic N) is 1. The molecule has 1 amide bonds. The molecule has 0 fully saturated rings. The highest BCUT2D eigenvalue weighted by Crippen LogP contribution is 2.19. The normalized spacial score (nSPS) is 10.5. The molecule has 3 aromatic rings. The average molecular weight is 311 g/mol. The molecule has 116 valence electrons. The second-order valence-electron chi connectivity index (χ2n) is 4.77. The van der Waals surface area contributed by atoms with Crippen LogP contribution in [0.4, 0.5) is 5.95 Å². The van der Waals surface area contributed by atoms with Gasteiger partial charge in [0.1, 0.15) is 11.3 Å². The second kappa shape index (κ2) is 5.80. The summed E-state index contributed by atoms with van der Waals surface area (Å²) in [5.74, 6) is -0.593. The van der Waals surface area contributed by atoms with Gasteiger partial charge in [-0.3, -0.25) is 10.1 Å². The number of carbonyl (C=O) groups is 2. The number of carboxylic acid groups (broad SMARTS) is 1. The van der Waals surface area contributed by atoms with Gasteiger partial charge in [0.15, 0.2) is 0 Å². The number of rotatable bonds is 4. The molecule has 3 N–H and O–H groups in total. The molecule has 0 spiro atoms. The molecule has 1 heterocycles. The van der Waals surface area contributed by atoms with Gasteiger partial charge in [-0.25, -0.2) is 9.78 Å². The number of benzene rings is 2. The van der Waals surface area contributed by atoms with E-state index in [0.717, 1.165) is 0 Å². The van der Waals surface area contributed by atoms with E-state index in [1.54, 1.807) is 43.5 Å². The number of methoxy groups -OCH3 is 1. The van der Waals surface area contributed by atoms with Crippen LogP contribution in [-0.4, -0.2) is 34.1 Å². The van der Waals surface area contributed by atoms with E-state index in [9.17, 15) is 9.59 Å². The summed E-state index contributed by atoms with van der Waals surface area (Å²) in [7, 11) is 1.55. The van der Waals surface area contributed by atoms with Crippen LogP contribution in [0.25, 0.3) is 11.0 Å². The second-order valence-corrected chi connectivity index (χ2v) is 4.77. The fourth-order valence-electron chi connectivity index (χ4n) is 2.19. The molecule has 0 saturated heterocycles. The fraction of sp³-hybridized carbons (Fsp3) is 0.0625. The lowest BCUT2D eigenvalue weighted by molar-refractivity contribution is 0.0698. The summed E-state index contributed by atoms with van der Waals surface area (Å²) in [5.41, 5.74) is 1.34. The molecular formula is C16H13N3O4. The van der Waals surface area contributed by atoms with E-state index in [-0.39, 0.29) is 17.4 Å². The van der Waals surface area contributed by atoms with Gasteiger partial charge in [0.25, 0.3) is 5.91 Å². The lowest BCUT2D eigenvalue weighted by Crippen LogP contribution is -2.12. The first-order valence-electron chi connectivity index (χ1n) is 6.76. The highest BCUT2D eigenvalue weighted by atomic mass is 16.5. The maximum Gasteiger partial charge on any atom is 0.337 e. The van der Waals surface area contributed by atoms with E-state index in [0.29, 0.717) is 22.3 Å². The third-order valence-electron chi connectivity index (χ3n) is 3.33. The number of fused-ring (bicyclic) bond motifs is 1. The van der Waals surface area contributed by atoms with Gasteiger partial charge in [0.2, 0.25) is 5.95 Å². The molecule has 0 aliphatic rings. The van der Waals surface area contributed by atoms with Gasteiger partial charge in [-0.1, -0.05) is 6.07 Å². The van der Waals surface area contributed by atoms with E-state index in [2.05, 4.69) is 15.3 Å². The molecule has 0 atom stereocenters. The van der Waals surface area contributed by atoms with Gasteiger partial charge in [-0.2, -0.15) is 0 Å². The van der Waals surface area contributed by atoms with E-state index in [4.69, 9.17) is 9.84 Å². The van der Waals surface area contributed by atoms with Crippen LogP contribution in [0.5, 0.6) is 5.75 Å². The number of nitrogens with one attached hydrogen (secondary N) is 2. The van der Waals surface area contributed by atoms with Crippen molar-refractivity contribution in [2.75, 3.05) is 12.4 Å². The zero-order chi connectivity index (χ0) is 16.4. The molecular weight excluding hydrogens is 298 g/mol. The van der Waals surface area contributed by atoms with Crippen LogP contribution in [0.2, 0.25) is 0 Å². The molecule has 0 saturated carbocycles. The first-order valence-corrected chi connectivity index (χ1v) is 6.76. The van der Waals surface area contributed by atoms with E-state index in [1.807, 2.05) is 0 Å². The minimum absolute atomic E-state index is 0.0729. The standard InChI is InChI=1S/C16H13N3O4/c1-23-10-7-5-9(6-8-10)14(20)19-16-17-12-4-2-3-11(15(21)22)13(12)18-16/h2-8H,1H3,(H,21,22)(H2,17,18,19,20). The van der Waals surface area contributed by atoms with Crippen molar-refractivity contribution in [2.45, 2.75) is 0 Å². The van der Waals surface area contributed by atoms with Crippen LogP contribution in [0.15, 0.2) is 42.5 Å². The Labute approximate surface area is 130 Å². The van der Waals surface area contributed by atoms with Crippen LogP contribution in [0.3, 0.4) is 0 Å². The first-order chi connectivity index (χ1) is 11.1. The van der Waals surface area contributed by atoms with Crippen molar-refractivity contribution in [2.24, 2.45) is 0 Å². The highest BCUT2D eigenvalue weighted by Gasteiger charge is 2.14. The summed E-state index contributed by atoms with van der Waals surface area (Å²) in [6.07, 6.45) is 0. The highest BCUT2D eigenvalue weighted by molar-refractivity contribution is 6.05. The molecule has 3 rings (SSSR count). The average Bonchev–Trinajstić information content (AvgIpc) is 2.96. The minimum atomic E-state index is -1.07. The van der Waals surface area contributed by atoms with Crippen LogP contribution >= 0.6 is 0 Å². The monoisotopic (exact) mass is 311 g/mol.